The topological polar surface area (TPSA) is 88.5 Å². The number of alkyl halides is 4. The zero-order valence-corrected chi connectivity index (χ0v) is 34.1. The molecule has 0 radical (unpaired) electrons. The van der Waals surface area contributed by atoms with Crippen LogP contribution in [0, 0.1) is 23.7 Å². The summed E-state index contributed by atoms with van der Waals surface area (Å²) in [6.07, 6.45) is 0.970. The van der Waals surface area contributed by atoms with Crippen LogP contribution in [-0.2, 0) is 38.4 Å². The normalized spacial score (nSPS) is 34.7. The van der Waals surface area contributed by atoms with Crippen molar-refractivity contribution in [3.63, 3.8) is 0 Å². The van der Waals surface area contributed by atoms with Crippen molar-refractivity contribution in [3.05, 3.63) is 94.2 Å². The Hall–Kier alpha value is -2.48. The van der Waals surface area contributed by atoms with E-state index in [1.54, 1.807) is 51.1 Å². The van der Waals surface area contributed by atoms with E-state index in [1.807, 2.05) is 36.4 Å². The molecular weight excluding hydrogens is 806 g/mol. The van der Waals surface area contributed by atoms with Gasteiger partial charge in [-0.25, -0.2) is 19.9 Å². The Kier molecular flexibility index (Phi) is 7.16. The molecule has 0 spiro atoms. The lowest BCUT2D eigenvalue weighted by Gasteiger charge is -2.49. The van der Waals surface area contributed by atoms with Gasteiger partial charge in [0.25, 0.3) is 0 Å². The molecule has 0 amide bonds. The Labute approximate surface area is 339 Å². The molecule has 5 aliphatic rings. The largest absolute Gasteiger partial charge is 0.349 e. The lowest BCUT2D eigenvalue weighted by Crippen LogP contribution is -2.54. The van der Waals surface area contributed by atoms with Gasteiger partial charge in [0.05, 0.1) is 44.8 Å². The van der Waals surface area contributed by atoms with Crippen LogP contribution in [0.2, 0.25) is 0 Å². The number of nitrogens with zero attached hydrogens (tertiary/aromatic N) is 4. The summed E-state index contributed by atoms with van der Waals surface area (Å²) in [5.41, 5.74) is 7.16. The molecule has 6 aromatic rings. The predicted molar refractivity (Wildman–Crippen MR) is 213 cm³/mol. The van der Waals surface area contributed by atoms with Gasteiger partial charge in [-0.1, -0.05) is 24.3 Å². The number of hydrogen-bond acceptors (Lipinski definition) is 10. The SMILES string of the molecule is COC1(OC)C2(Cl)c3nc4ccc(-c5cccs5)cc4nc3C1(Cl)C1CC3C(CC12)C1(Cl)c2nc4cc(-c5cccs5)ccc4nc2C3(Cl)C1(OC)OC. The first-order chi connectivity index (χ1) is 26.0. The summed E-state index contributed by atoms with van der Waals surface area (Å²) in [4.78, 5) is 17.9. The first-order valence-corrected chi connectivity index (χ1v) is 21.0. The Balaban J connectivity index is 1.10. The Morgan fingerprint density at radius 3 is 1.13 bits per heavy atom. The number of methoxy groups -OCH3 is 4. The van der Waals surface area contributed by atoms with Crippen LogP contribution in [0.4, 0.5) is 0 Å². The Morgan fingerprint density at radius 2 is 0.833 bits per heavy atom. The van der Waals surface area contributed by atoms with E-state index >= 15 is 0 Å². The lowest BCUT2D eigenvalue weighted by atomic mass is 9.59. The quantitative estimate of drug-likeness (QED) is 0.121. The highest BCUT2D eigenvalue weighted by atomic mass is 35.5. The van der Waals surface area contributed by atoms with Gasteiger partial charge in [-0.15, -0.1) is 69.1 Å². The van der Waals surface area contributed by atoms with Crippen molar-refractivity contribution < 1.29 is 18.9 Å². The van der Waals surface area contributed by atoms with E-state index in [-0.39, 0.29) is 23.7 Å². The predicted octanol–water partition coefficient (Wildman–Crippen LogP) is 9.76. The van der Waals surface area contributed by atoms with Crippen LogP contribution in [0.1, 0.15) is 35.6 Å². The third-order valence-corrected chi connectivity index (χ3v) is 18.1. The van der Waals surface area contributed by atoms with Crippen molar-refractivity contribution in [1.29, 1.82) is 0 Å². The number of rotatable bonds is 6. The average molecular weight is 839 g/mol. The molecule has 4 bridgehead atoms. The number of hydrogen-bond donors (Lipinski definition) is 0. The van der Waals surface area contributed by atoms with Gasteiger partial charge < -0.3 is 18.9 Å². The standard InChI is InChI=1S/C40H32Cl4N4O4S2/c1-49-39(50-2)35(41)21-17-24-22(18-23(21)37(39,43)33-31(35)45-25-11-9-19(15-27(25)47-33)29-7-5-13-53-29)36(42)32-34(38(24,44)40(36,51-3)52-4)48-28-16-20(10-12-26(28)46-32)30-8-6-14-54-30/h5-16,21-24H,17-18H2,1-4H3. The van der Waals surface area contributed by atoms with Gasteiger partial charge in [0.2, 0.25) is 11.6 Å². The zero-order chi connectivity index (χ0) is 37.2. The molecule has 3 fully saturated rings. The van der Waals surface area contributed by atoms with Gasteiger partial charge >= 0.3 is 0 Å². The Bertz CT molecular complexity index is 2380. The molecule has 0 aliphatic heterocycles. The van der Waals surface area contributed by atoms with Gasteiger partial charge in [-0.05, 0) is 94.8 Å². The molecule has 3 saturated carbocycles. The number of aromatic nitrogens is 4. The molecule has 54 heavy (non-hydrogen) atoms. The van der Waals surface area contributed by atoms with Gasteiger partial charge in [-0.3, -0.25) is 0 Å². The fourth-order valence-electron chi connectivity index (χ4n) is 11.5. The molecule has 8 unspecified atom stereocenters. The molecule has 0 N–H and O–H groups in total. The molecule has 276 valence electrons. The van der Waals surface area contributed by atoms with Crippen molar-refractivity contribution in [2.75, 3.05) is 28.4 Å². The van der Waals surface area contributed by atoms with Crippen LogP contribution in [0.5, 0.6) is 0 Å². The average Bonchev–Trinajstić information content (AvgIpc) is 4.03. The monoisotopic (exact) mass is 836 g/mol. The number of ether oxygens (including phenoxy) is 4. The molecule has 0 saturated heterocycles. The second kappa shape index (κ2) is 11.1. The minimum atomic E-state index is -1.51. The highest BCUT2D eigenvalue weighted by Gasteiger charge is 2.91. The minimum absolute atomic E-state index is 0.314. The van der Waals surface area contributed by atoms with Crippen LogP contribution < -0.4 is 0 Å². The number of thiophene rings is 2. The van der Waals surface area contributed by atoms with E-state index in [2.05, 4.69) is 35.0 Å². The first-order valence-electron chi connectivity index (χ1n) is 17.7. The maximum absolute atomic E-state index is 8.10. The summed E-state index contributed by atoms with van der Waals surface area (Å²) < 4.78 is 25.6. The highest BCUT2D eigenvalue weighted by molar-refractivity contribution is 7.13. The Morgan fingerprint density at radius 1 is 0.500 bits per heavy atom. The molecule has 2 aromatic carbocycles. The molecule has 8 nitrogen and oxygen atoms in total. The zero-order valence-electron chi connectivity index (χ0n) is 29.4. The van der Waals surface area contributed by atoms with Crippen molar-refractivity contribution in [2.45, 2.75) is 43.9 Å². The smallest absolute Gasteiger partial charge is 0.219 e. The third-order valence-electron chi connectivity index (χ3n) is 13.4. The van der Waals surface area contributed by atoms with Crippen LogP contribution in [0.15, 0.2) is 71.4 Å². The van der Waals surface area contributed by atoms with E-state index in [1.165, 1.54) is 0 Å². The second-order valence-corrected chi connectivity index (χ2v) is 19.3. The number of fused-ring (bicyclic) bond motifs is 18. The molecule has 4 aromatic heterocycles. The summed E-state index contributed by atoms with van der Waals surface area (Å²) in [5.74, 6) is -4.28. The summed E-state index contributed by atoms with van der Waals surface area (Å²) in [5, 5.41) is 4.11. The molecule has 8 atom stereocenters. The van der Waals surface area contributed by atoms with E-state index in [0.717, 1.165) is 20.9 Å². The highest BCUT2D eigenvalue weighted by Crippen LogP contribution is 2.84. The van der Waals surface area contributed by atoms with Gasteiger partial charge in [0.15, 0.2) is 0 Å². The van der Waals surface area contributed by atoms with E-state index in [9.17, 15) is 0 Å². The van der Waals surface area contributed by atoms with Gasteiger partial charge in [-0.2, -0.15) is 0 Å². The van der Waals surface area contributed by atoms with Gasteiger partial charge in [0.1, 0.15) is 19.5 Å². The van der Waals surface area contributed by atoms with Crippen molar-refractivity contribution in [1.82, 2.24) is 19.9 Å². The fourth-order valence-corrected chi connectivity index (χ4v) is 15.7. The van der Waals surface area contributed by atoms with Crippen molar-refractivity contribution in [2.24, 2.45) is 23.7 Å². The van der Waals surface area contributed by atoms with E-state index in [0.29, 0.717) is 57.7 Å². The van der Waals surface area contributed by atoms with Crippen LogP contribution in [-0.4, -0.2) is 59.9 Å². The van der Waals surface area contributed by atoms with Crippen LogP contribution >= 0.6 is 69.1 Å². The van der Waals surface area contributed by atoms with Crippen molar-refractivity contribution in [3.8, 4) is 20.9 Å². The first kappa shape index (κ1) is 34.7. The minimum Gasteiger partial charge on any atom is -0.349 e. The summed E-state index contributed by atoms with van der Waals surface area (Å²) in [7, 11) is 6.36. The maximum Gasteiger partial charge on any atom is 0.219 e. The lowest BCUT2D eigenvalue weighted by molar-refractivity contribution is -0.241. The fraction of sp³-hybridized carbons (Fsp3) is 0.400. The summed E-state index contributed by atoms with van der Waals surface area (Å²) >= 11 is 35.7. The second-order valence-electron chi connectivity index (χ2n) is 15.0. The van der Waals surface area contributed by atoms with Crippen LogP contribution in [0.3, 0.4) is 0 Å². The third kappa shape index (κ3) is 3.54. The number of benzene rings is 2. The van der Waals surface area contributed by atoms with E-state index < -0.39 is 31.1 Å². The summed E-state index contributed by atoms with van der Waals surface area (Å²) in [6.45, 7) is 0. The molecule has 14 heteroatoms. The molecule has 5 aliphatic carbocycles. The molecule has 11 rings (SSSR count). The van der Waals surface area contributed by atoms with Crippen LogP contribution in [0.25, 0.3) is 42.9 Å². The number of halogens is 4. The van der Waals surface area contributed by atoms with Crippen molar-refractivity contribution >= 4 is 91.1 Å². The maximum atomic E-state index is 8.10. The molecular formula is C40H32Cl4N4O4S2. The van der Waals surface area contributed by atoms with Gasteiger partial charge in [0, 0.05) is 38.2 Å². The molecule has 4 heterocycles. The summed E-state index contributed by atoms with van der Waals surface area (Å²) in [6, 6.07) is 20.4. The van der Waals surface area contributed by atoms with E-state index in [4.69, 9.17) is 85.3 Å².